The van der Waals surface area contributed by atoms with Crippen molar-refractivity contribution in [3.8, 4) is 11.3 Å². The van der Waals surface area contributed by atoms with Gasteiger partial charge in [0, 0.05) is 23.9 Å². The van der Waals surface area contributed by atoms with E-state index in [0.717, 1.165) is 14.5 Å². The van der Waals surface area contributed by atoms with E-state index in [-0.39, 0.29) is 22.5 Å². The lowest BCUT2D eigenvalue weighted by Gasteiger charge is -2.20. The molecule has 0 aliphatic carbocycles. The second-order valence-electron chi connectivity index (χ2n) is 8.04. The van der Waals surface area contributed by atoms with Gasteiger partial charge < -0.3 is 11.1 Å². The predicted octanol–water partition coefficient (Wildman–Crippen LogP) is 2.37. The number of primary amides is 1. The molecule has 2 aromatic carbocycles. The molecule has 15 heteroatoms. The summed E-state index contributed by atoms with van der Waals surface area (Å²) in [4.78, 5) is 39.9. The first-order chi connectivity index (χ1) is 17.8. The molecule has 0 saturated carbocycles. The van der Waals surface area contributed by atoms with E-state index in [1.165, 1.54) is 61.6 Å². The van der Waals surface area contributed by atoms with Gasteiger partial charge in [0.25, 0.3) is 5.91 Å². The molecule has 0 fully saturated rings. The number of benzene rings is 2. The second-order valence-corrected chi connectivity index (χ2v) is 8.04. The Labute approximate surface area is 212 Å². The third kappa shape index (κ3) is 5.23. The molecule has 4 aromatic rings. The molecule has 0 spiro atoms. The van der Waals surface area contributed by atoms with Crippen LogP contribution in [0.25, 0.3) is 16.8 Å². The number of carbonyl (C=O) groups is 3. The number of nitrogens with zero attached hydrogens (tertiary/aromatic N) is 5. The lowest BCUT2D eigenvalue weighted by molar-refractivity contribution is -0.141. The summed E-state index contributed by atoms with van der Waals surface area (Å²) < 4.78 is 41.6. The highest BCUT2D eigenvalue weighted by atomic mass is 19.4. The van der Waals surface area contributed by atoms with Crippen molar-refractivity contribution in [2.45, 2.75) is 6.18 Å². The van der Waals surface area contributed by atoms with Crippen molar-refractivity contribution in [2.75, 3.05) is 17.4 Å². The van der Waals surface area contributed by atoms with Gasteiger partial charge >= 0.3 is 12.2 Å². The molecular weight excluding hydrogens is 507 g/mol. The molecule has 2 heterocycles. The van der Waals surface area contributed by atoms with Gasteiger partial charge in [0.1, 0.15) is 0 Å². The third-order valence-corrected chi connectivity index (χ3v) is 5.31. The predicted molar refractivity (Wildman–Crippen MR) is 130 cm³/mol. The van der Waals surface area contributed by atoms with Gasteiger partial charge in [0.2, 0.25) is 5.91 Å². The molecule has 0 unspecified atom stereocenters. The lowest BCUT2D eigenvalue weighted by Crippen LogP contribution is -2.48. The van der Waals surface area contributed by atoms with Crippen molar-refractivity contribution in [1.82, 2.24) is 19.6 Å². The van der Waals surface area contributed by atoms with Gasteiger partial charge in [0.05, 0.1) is 23.1 Å². The number of urea groups is 1. The number of aromatic nitrogens is 3. The Hall–Kier alpha value is -5.02. The average molecular weight is 527 g/mol. The van der Waals surface area contributed by atoms with E-state index in [4.69, 9.17) is 17.4 Å². The maximum absolute atomic E-state index is 13.6. The normalized spacial score (nSPS) is 11.3. The molecular formula is C23H20F3N9O3. The first-order valence-electron chi connectivity index (χ1n) is 10.7. The Bertz CT molecular complexity index is 1550. The fourth-order valence-corrected chi connectivity index (χ4v) is 3.45. The van der Waals surface area contributed by atoms with Gasteiger partial charge in [-0.1, -0.05) is 18.2 Å². The maximum atomic E-state index is 13.6. The van der Waals surface area contributed by atoms with Crippen molar-refractivity contribution >= 4 is 34.7 Å². The largest absolute Gasteiger partial charge is 0.434 e. The van der Waals surface area contributed by atoms with Gasteiger partial charge in [-0.15, -0.1) is 0 Å². The van der Waals surface area contributed by atoms with Crippen molar-refractivity contribution in [1.29, 1.82) is 0 Å². The number of hydrogen-bond acceptors (Lipinski definition) is 7. The average Bonchev–Trinajstić information content (AvgIpc) is 3.31. The van der Waals surface area contributed by atoms with Crippen LogP contribution in [0.5, 0.6) is 0 Å². The molecule has 0 aliphatic rings. The van der Waals surface area contributed by atoms with Crippen molar-refractivity contribution in [3.63, 3.8) is 0 Å². The smallest absolute Gasteiger partial charge is 0.366 e. The Kier molecular flexibility index (Phi) is 6.72. The standard InChI is InChI=1S/C23H20F3N9O3/c1-33(28)22(38)35(29)15-7-5-12(6-8-15)16-10-17-19(31-18(23(24,25)26)11-34(17)32-16)21(37)30-14-4-2-3-13(9-14)20(27)36/h2-11H,28-29H2,1H3,(H2,27,36)(H,30,37). The van der Waals surface area contributed by atoms with Crippen LogP contribution in [0.3, 0.4) is 0 Å². The summed E-state index contributed by atoms with van der Waals surface area (Å²) in [6, 6.07) is 12.3. The van der Waals surface area contributed by atoms with Crippen molar-refractivity contribution < 1.29 is 27.6 Å². The number of nitrogens with two attached hydrogens (primary N) is 3. The van der Waals surface area contributed by atoms with E-state index in [0.29, 0.717) is 17.4 Å². The number of anilines is 2. The number of hydrazine groups is 2. The highest BCUT2D eigenvalue weighted by Gasteiger charge is 2.35. The highest BCUT2D eigenvalue weighted by Crippen LogP contribution is 2.30. The first kappa shape index (κ1) is 26.1. The molecule has 0 aliphatic heterocycles. The third-order valence-electron chi connectivity index (χ3n) is 5.31. The fourth-order valence-electron chi connectivity index (χ4n) is 3.45. The summed E-state index contributed by atoms with van der Waals surface area (Å²) in [5.74, 6) is 9.43. The summed E-state index contributed by atoms with van der Waals surface area (Å²) in [7, 11) is 1.32. The van der Waals surface area contributed by atoms with E-state index in [1.54, 1.807) is 0 Å². The zero-order chi connectivity index (χ0) is 27.8. The van der Waals surface area contributed by atoms with E-state index in [9.17, 15) is 27.6 Å². The van der Waals surface area contributed by atoms with Gasteiger partial charge in [-0.05, 0) is 36.4 Å². The minimum absolute atomic E-state index is 0.0129. The van der Waals surface area contributed by atoms with Crippen LogP contribution in [0.1, 0.15) is 26.5 Å². The molecule has 4 rings (SSSR count). The zero-order valence-electron chi connectivity index (χ0n) is 19.6. The molecule has 38 heavy (non-hydrogen) atoms. The lowest BCUT2D eigenvalue weighted by atomic mass is 10.1. The first-order valence-corrected chi connectivity index (χ1v) is 10.7. The quantitative estimate of drug-likeness (QED) is 0.175. The molecule has 0 saturated heterocycles. The summed E-state index contributed by atoms with van der Waals surface area (Å²) in [5, 5.41) is 8.21. The summed E-state index contributed by atoms with van der Waals surface area (Å²) in [5.41, 5.74) is 4.52. The number of nitrogens with one attached hydrogen (secondary N) is 1. The minimum Gasteiger partial charge on any atom is -0.366 e. The van der Waals surface area contributed by atoms with Crippen LogP contribution in [0.2, 0.25) is 0 Å². The topological polar surface area (TPSA) is 178 Å². The van der Waals surface area contributed by atoms with Crippen LogP contribution in [-0.2, 0) is 6.18 Å². The van der Waals surface area contributed by atoms with E-state index in [1.807, 2.05) is 0 Å². The van der Waals surface area contributed by atoms with E-state index < -0.39 is 35.4 Å². The molecule has 7 N–H and O–H groups in total. The number of halogens is 3. The number of carbonyl (C=O) groups excluding carboxylic acids is 3. The van der Waals surface area contributed by atoms with Crippen LogP contribution in [0.15, 0.2) is 60.8 Å². The number of fused-ring (bicyclic) bond motifs is 1. The molecule has 0 atom stereocenters. The van der Waals surface area contributed by atoms with Crippen molar-refractivity contribution in [2.24, 2.45) is 17.4 Å². The molecule has 12 nitrogen and oxygen atoms in total. The van der Waals surface area contributed by atoms with Crippen LogP contribution >= 0.6 is 0 Å². The molecule has 0 bridgehead atoms. The summed E-state index contributed by atoms with van der Waals surface area (Å²) in [6.45, 7) is 0. The molecule has 2 aromatic heterocycles. The number of alkyl halides is 3. The number of hydrogen-bond donors (Lipinski definition) is 4. The summed E-state index contributed by atoms with van der Waals surface area (Å²) >= 11 is 0. The zero-order valence-corrected chi connectivity index (χ0v) is 19.6. The van der Waals surface area contributed by atoms with E-state index in [2.05, 4.69) is 15.4 Å². The molecule has 196 valence electrons. The van der Waals surface area contributed by atoms with Gasteiger partial charge in [-0.25, -0.2) is 31.0 Å². The molecule has 0 radical (unpaired) electrons. The number of amides is 4. The summed E-state index contributed by atoms with van der Waals surface area (Å²) in [6.07, 6.45) is -4.20. The molecule has 4 amide bonds. The SMILES string of the molecule is CN(N)C(=O)N(N)c1ccc(-c2cc3c(C(=O)Nc4cccc(C(N)=O)c4)nc(C(F)(F)F)cn3n2)cc1. The van der Waals surface area contributed by atoms with E-state index >= 15 is 0 Å². The van der Waals surface area contributed by atoms with Gasteiger partial charge in [-0.3, -0.25) is 14.6 Å². The monoisotopic (exact) mass is 527 g/mol. The Balaban J connectivity index is 1.73. The minimum atomic E-state index is -4.86. The Morgan fingerprint density at radius 3 is 2.32 bits per heavy atom. The maximum Gasteiger partial charge on any atom is 0.434 e. The van der Waals surface area contributed by atoms with Crippen LogP contribution in [0.4, 0.5) is 29.3 Å². The highest BCUT2D eigenvalue weighted by molar-refractivity contribution is 6.08. The Morgan fingerprint density at radius 2 is 1.71 bits per heavy atom. The van der Waals surface area contributed by atoms with Gasteiger partial charge in [-0.2, -0.15) is 18.3 Å². The number of rotatable bonds is 5. The second kappa shape index (κ2) is 9.79. The fraction of sp³-hybridized carbons (Fsp3) is 0.0870. The van der Waals surface area contributed by atoms with Crippen LogP contribution in [0, 0.1) is 0 Å². The van der Waals surface area contributed by atoms with Gasteiger partial charge in [0.15, 0.2) is 11.4 Å². The Morgan fingerprint density at radius 1 is 1.03 bits per heavy atom. The van der Waals surface area contributed by atoms with Crippen LogP contribution in [-0.4, -0.2) is 44.5 Å². The van der Waals surface area contributed by atoms with Crippen LogP contribution < -0.4 is 27.7 Å². The van der Waals surface area contributed by atoms with Crippen molar-refractivity contribution in [3.05, 3.63) is 77.7 Å².